The topological polar surface area (TPSA) is 69.4 Å². The van der Waals surface area contributed by atoms with Crippen LogP contribution in [0.15, 0.2) is 18.2 Å². The molecule has 0 atom stereocenters. The summed E-state index contributed by atoms with van der Waals surface area (Å²) in [5, 5.41) is 0. The number of rotatable bonds is 4. The number of halogens is 1. The first-order chi connectivity index (χ1) is 7.58. The monoisotopic (exact) mass is 241 g/mol. The number of nitrogen functional groups attached to an aromatic ring is 1. The third-order valence-corrected chi connectivity index (χ3v) is 2.21. The molecule has 16 heavy (non-hydrogen) atoms. The van der Waals surface area contributed by atoms with E-state index in [1.165, 1.54) is 25.3 Å². The first-order valence-corrected chi connectivity index (χ1v) is 5.20. The maximum atomic E-state index is 11.6. The Morgan fingerprint density at radius 3 is 2.50 bits per heavy atom. The quantitative estimate of drug-likeness (QED) is 0.378. The highest BCUT2D eigenvalue weighted by Crippen LogP contribution is 2.15. The molecule has 4 nitrogen and oxygen atoms in total. The number of hydrogen-bond donors (Lipinski definition) is 1. The smallest absolute Gasteiger partial charge is 0.337 e. The predicted octanol–water partition coefficient (Wildman–Crippen LogP) is 1.87. The second kappa shape index (κ2) is 5.51. The van der Waals surface area contributed by atoms with Crippen molar-refractivity contribution >= 4 is 29.0 Å². The fourth-order valence-corrected chi connectivity index (χ4v) is 1.45. The zero-order valence-corrected chi connectivity index (χ0v) is 9.58. The minimum absolute atomic E-state index is 0.146. The summed E-state index contributed by atoms with van der Waals surface area (Å²) in [6.07, 6.45) is 0.214. The maximum Gasteiger partial charge on any atom is 0.337 e. The van der Waals surface area contributed by atoms with Crippen LogP contribution in [-0.2, 0) is 4.74 Å². The van der Waals surface area contributed by atoms with Gasteiger partial charge in [0.2, 0.25) is 0 Å². The number of carbonyl (C=O) groups is 2. The van der Waals surface area contributed by atoms with E-state index in [0.29, 0.717) is 11.3 Å². The Bertz CT molecular complexity index is 418. The van der Waals surface area contributed by atoms with Crippen LogP contribution in [0.25, 0.3) is 0 Å². The van der Waals surface area contributed by atoms with Gasteiger partial charge in [-0.3, -0.25) is 4.79 Å². The summed E-state index contributed by atoms with van der Waals surface area (Å²) in [4.78, 5) is 22.9. The van der Waals surface area contributed by atoms with Crippen LogP contribution in [0.1, 0.15) is 27.1 Å². The number of alkyl halides is 1. The van der Waals surface area contributed by atoms with E-state index in [2.05, 4.69) is 4.74 Å². The summed E-state index contributed by atoms with van der Waals surface area (Å²) >= 11 is 5.47. The van der Waals surface area contributed by atoms with Crippen molar-refractivity contribution in [1.82, 2.24) is 0 Å². The van der Waals surface area contributed by atoms with Gasteiger partial charge >= 0.3 is 5.97 Å². The van der Waals surface area contributed by atoms with Crippen LogP contribution in [0.2, 0.25) is 0 Å². The molecule has 1 rings (SSSR count). The van der Waals surface area contributed by atoms with Crippen LogP contribution in [0.3, 0.4) is 0 Å². The number of nitrogens with two attached hydrogens (primary N) is 1. The highest BCUT2D eigenvalue weighted by atomic mass is 35.5. The van der Waals surface area contributed by atoms with Gasteiger partial charge in [-0.05, 0) is 18.2 Å². The minimum atomic E-state index is -0.521. The van der Waals surface area contributed by atoms with E-state index in [1.807, 2.05) is 0 Å². The van der Waals surface area contributed by atoms with Gasteiger partial charge in [-0.1, -0.05) is 0 Å². The first kappa shape index (κ1) is 12.5. The zero-order valence-electron chi connectivity index (χ0n) is 8.83. The van der Waals surface area contributed by atoms with E-state index in [0.717, 1.165) is 0 Å². The summed E-state index contributed by atoms with van der Waals surface area (Å²) in [6, 6.07) is 4.43. The van der Waals surface area contributed by atoms with Crippen LogP contribution in [0.5, 0.6) is 0 Å². The molecule has 0 saturated carbocycles. The summed E-state index contributed by atoms with van der Waals surface area (Å²) < 4.78 is 4.55. The van der Waals surface area contributed by atoms with Crippen molar-refractivity contribution in [2.24, 2.45) is 0 Å². The number of anilines is 1. The molecule has 0 unspecified atom stereocenters. The average Bonchev–Trinajstić information content (AvgIpc) is 2.27. The van der Waals surface area contributed by atoms with Crippen molar-refractivity contribution in [2.75, 3.05) is 18.7 Å². The minimum Gasteiger partial charge on any atom is -0.465 e. The number of ether oxygens (including phenoxy) is 1. The molecule has 0 aromatic heterocycles. The molecule has 0 aliphatic heterocycles. The summed E-state index contributed by atoms with van der Waals surface area (Å²) in [6.45, 7) is 0. The lowest BCUT2D eigenvalue weighted by atomic mass is 10.0. The van der Waals surface area contributed by atoms with Crippen molar-refractivity contribution < 1.29 is 14.3 Å². The van der Waals surface area contributed by atoms with Gasteiger partial charge in [-0.2, -0.15) is 0 Å². The van der Waals surface area contributed by atoms with Gasteiger partial charge < -0.3 is 10.5 Å². The average molecular weight is 242 g/mol. The molecule has 0 radical (unpaired) electrons. The molecule has 0 aliphatic rings. The van der Waals surface area contributed by atoms with Gasteiger partial charge in [0.25, 0.3) is 0 Å². The highest BCUT2D eigenvalue weighted by Gasteiger charge is 2.11. The molecule has 1 aromatic rings. The molecule has 0 aliphatic carbocycles. The number of benzene rings is 1. The number of methoxy groups -OCH3 is 1. The fourth-order valence-electron chi connectivity index (χ4n) is 1.28. The van der Waals surface area contributed by atoms with Gasteiger partial charge in [0.15, 0.2) is 5.78 Å². The lowest BCUT2D eigenvalue weighted by molar-refractivity contribution is 0.0601. The van der Waals surface area contributed by atoms with E-state index in [9.17, 15) is 9.59 Å². The Labute approximate surface area is 98.3 Å². The van der Waals surface area contributed by atoms with Crippen LogP contribution >= 0.6 is 11.6 Å². The third-order valence-electron chi connectivity index (χ3n) is 2.02. The van der Waals surface area contributed by atoms with Crippen molar-refractivity contribution in [3.63, 3.8) is 0 Å². The fraction of sp³-hybridized carbons (Fsp3) is 0.273. The number of ketones is 1. The Morgan fingerprint density at radius 2 is 1.94 bits per heavy atom. The van der Waals surface area contributed by atoms with Gasteiger partial charge in [0, 0.05) is 23.6 Å². The molecular formula is C11H12ClNO3. The zero-order chi connectivity index (χ0) is 12.1. The number of Topliss-reactive ketones (excluding diaryl/α,β-unsaturated/α-hetero) is 1. The molecule has 0 fully saturated rings. The molecule has 2 N–H and O–H groups in total. The van der Waals surface area contributed by atoms with Crippen LogP contribution in [-0.4, -0.2) is 24.7 Å². The van der Waals surface area contributed by atoms with Crippen molar-refractivity contribution in [3.8, 4) is 0 Å². The maximum absolute atomic E-state index is 11.6. The Hall–Kier alpha value is -1.55. The van der Waals surface area contributed by atoms with E-state index in [-0.39, 0.29) is 23.6 Å². The molecule has 0 saturated heterocycles. The van der Waals surface area contributed by atoms with Crippen LogP contribution in [0, 0.1) is 0 Å². The molecule has 0 amide bonds. The highest BCUT2D eigenvalue weighted by molar-refractivity contribution is 6.19. The Morgan fingerprint density at radius 1 is 1.31 bits per heavy atom. The van der Waals surface area contributed by atoms with E-state index >= 15 is 0 Å². The van der Waals surface area contributed by atoms with E-state index < -0.39 is 5.97 Å². The second-order valence-electron chi connectivity index (χ2n) is 3.20. The molecular weight excluding hydrogens is 230 g/mol. The Balaban J connectivity index is 3.07. The predicted molar refractivity (Wildman–Crippen MR) is 61.9 cm³/mol. The molecule has 0 heterocycles. The lowest BCUT2D eigenvalue weighted by Crippen LogP contribution is -2.07. The standard InChI is InChI=1S/C11H12ClNO3/c1-16-11(15)8-4-7(5-9(13)6-8)10(14)2-3-12/h4-6H,2-3,13H2,1H3. The van der Waals surface area contributed by atoms with Crippen LogP contribution in [0.4, 0.5) is 5.69 Å². The molecule has 5 heteroatoms. The molecule has 0 spiro atoms. The normalized spacial score (nSPS) is 9.88. The summed E-state index contributed by atoms with van der Waals surface area (Å²) in [5.41, 5.74) is 6.58. The summed E-state index contributed by atoms with van der Waals surface area (Å²) in [5.74, 6) is -0.430. The summed E-state index contributed by atoms with van der Waals surface area (Å²) in [7, 11) is 1.27. The van der Waals surface area contributed by atoms with E-state index in [1.54, 1.807) is 0 Å². The van der Waals surface area contributed by atoms with Crippen molar-refractivity contribution in [3.05, 3.63) is 29.3 Å². The molecule has 0 bridgehead atoms. The van der Waals surface area contributed by atoms with Crippen molar-refractivity contribution in [1.29, 1.82) is 0 Å². The molecule has 86 valence electrons. The van der Waals surface area contributed by atoms with Crippen molar-refractivity contribution in [2.45, 2.75) is 6.42 Å². The number of carbonyl (C=O) groups excluding carboxylic acids is 2. The SMILES string of the molecule is COC(=O)c1cc(N)cc(C(=O)CCCl)c1. The van der Waals surface area contributed by atoms with Gasteiger partial charge in [-0.15, -0.1) is 11.6 Å². The number of esters is 1. The number of hydrogen-bond acceptors (Lipinski definition) is 4. The van der Waals surface area contributed by atoms with E-state index in [4.69, 9.17) is 17.3 Å². The molecule has 1 aromatic carbocycles. The van der Waals surface area contributed by atoms with Gasteiger partial charge in [-0.25, -0.2) is 4.79 Å². The third kappa shape index (κ3) is 2.97. The largest absolute Gasteiger partial charge is 0.465 e. The van der Waals surface area contributed by atoms with Gasteiger partial charge in [0.1, 0.15) is 0 Å². The van der Waals surface area contributed by atoms with Gasteiger partial charge in [0.05, 0.1) is 12.7 Å². The first-order valence-electron chi connectivity index (χ1n) is 4.66. The lowest BCUT2D eigenvalue weighted by Gasteiger charge is -2.04. The second-order valence-corrected chi connectivity index (χ2v) is 3.58. The Kier molecular flexibility index (Phi) is 4.31. The van der Waals surface area contributed by atoms with Crippen LogP contribution < -0.4 is 5.73 Å².